The number of likely N-dealkylation sites (tertiary alicyclic amines) is 1. The number of fused-ring (bicyclic) bond motifs is 1. The zero-order chi connectivity index (χ0) is 18.0. The second kappa shape index (κ2) is 7.33. The number of urea groups is 1. The van der Waals surface area contributed by atoms with Gasteiger partial charge >= 0.3 is 6.03 Å². The summed E-state index contributed by atoms with van der Waals surface area (Å²) in [5.41, 5.74) is 1.02. The van der Waals surface area contributed by atoms with E-state index in [0.29, 0.717) is 18.7 Å². The van der Waals surface area contributed by atoms with Crippen LogP contribution in [0.1, 0.15) is 58.1 Å². The molecule has 2 unspecified atom stereocenters. The number of β-lactam (4-membered cyclic amide) rings is 1. The lowest BCUT2D eigenvalue weighted by Gasteiger charge is -2.43. The van der Waals surface area contributed by atoms with Gasteiger partial charge in [0.05, 0.1) is 6.04 Å². The minimum Gasteiger partial charge on any atom is -0.454 e. The molecule has 0 aromatic heterocycles. The SMILES string of the molecule is CCCC(c1ccc2c(c1)OCO2)N(CC)C(=O)N1C(=O)CC1CC. The summed E-state index contributed by atoms with van der Waals surface area (Å²) < 4.78 is 10.9. The second-order valence-electron chi connectivity index (χ2n) is 6.52. The Morgan fingerprint density at radius 1 is 1.28 bits per heavy atom. The number of carbonyl (C=O) groups is 2. The van der Waals surface area contributed by atoms with Crippen LogP contribution in [0.2, 0.25) is 0 Å². The molecule has 0 spiro atoms. The van der Waals surface area contributed by atoms with Crippen molar-refractivity contribution >= 4 is 11.9 Å². The predicted octanol–water partition coefficient (Wildman–Crippen LogP) is 3.71. The standard InChI is InChI=1S/C19H26N2O4/c1-4-7-15(13-8-9-16-17(10-13)25-12-24-16)20(6-3)19(23)21-14(5-2)11-18(21)22/h8-10,14-15H,4-7,11-12H2,1-3H3. The Morgan fingerprint density at radius 2 is 2.04 bits per heavy atom. The summed E-state index contributed by atoms with van der Waals surface area (Å²) in [6.45, 7) is 6.85. The van der Waals surface area contributed by atoms with Crippen molar-refractivity contribution < 1.29 is 19.1 Å². The first-order chi connectivity index (χ1) is 12.1. The largest absolute Gasteiger partial charge is 0.454 e. The lowest BCUT2D eigenvalue weighted by atomic mass is 9.98. The number of carbonyl (C=O) groups excluding carboxylic acids is 2. The highest BCUT2D eigenvalue weighted by molar-refractivity contribution is 5.99. The molecule has 2 aliphatic rings. The highest BCUT2D eigenvalue weighted by atomic mass is 16.7. The first-order valence-corrected chi connectivity index (χ1v) is 9.12. The van der Waals surface area contributed by atoms with Gasteiger partial charge in [-0.3, -0.25) is 9.69 Å². The van der Waals surface area contributed by atoms with Gasteiger partial charge < -0.3 is 14.4 Å². The van der Waals surface area contributed by atoms with Gasteiger partial charge in [0.2, 0.25) is 12.7 Å². The number of hydrogen-bond donors (Lipinski definition) is 0. The van der Waals surface area contributed by atoms with Gasteiger partial charge in [-0.25, -0.2) is 4.79 Å². The third-order valence-electron chi connectivity index (χ3n) is 5.03. The molecule has 3 rings (SSSR count). The molecule has 6 heteroatoms. The van der Waals surface area contributed by atoms with Gasteiger partial charge in [0.1, 0.15) is 0 Å². The summed E-state index contributed by atoms with van der Waals surface area (Å²) in [7, 11) is 0. The number of benzene rings is 1. The fourth-order valence-electron chi connectivity index (χ4n) is 3.60. The van der Waals surface area contributed by atoms with Gasteiger partial charge in [-0.2, -0.15) is 0 Å². The monoisotopic (exact) mass is 346 g/mol. The molecule has 2 aliphatic heterocycles. The van der Waals surface area contributed by atoms with Crippen LogP contribution in [0, 0.1) is 0 Å². The van der Waals surface area contributed by atoms with Crippen LogP contribution < -0.4 is 9.47 Å². The molecule has 2 heterocycles. The molecule has 1 aromatic rings. The van der Waals surface area contributed by atoms with Crippen molar-refractivity contribution in [2.45, 2.75) is 58.5 Å². The van der Waals surface area contributed by atoms with Crippen molar-refractivity contribution in [2.24, 2.45) is 0 Å². The first kappa shape index (κ1) is 17.6. The van der Waals surface area contributed by atoms with Crippen LogP contribution in [0.15, 0.2) is 18.2 Å². The average molecular weight is 346 g/mol. The van der Waals surface area contributed by atoms with Crippen molar-refractivity contribution in [2.75, 3.05) is 13.3 Å². The molecule has 0 saturated carbocycles. The summed E-state index contributed by atoms with van der Waals surface area (Å²) in [5.74, 6) is 1.38. The van der Waals surface area contributed by atoms with E-state index < -0.39 is 0 Å². The van der Waals surface area contributed by atoms with E-state index in [1.807, 2.05) is 32.0 Å². The van der Waals surface area contributed by atoms with Crippen molar-refractivity contribution in [1.29, 1.82) is 0 Å². The lowest BCUT2D eigenvalue weighted by Crippen LogP contribution is -2.59. The number of nitrogens with zero attached hydrogens (tertiary/aromatic N) is 2. The molecule has 3 amide bonds. The van der Waals surface area contributed by atoms with Crippen LogP contribution in [0.3, 0.4) is 0 Å². The summed E-state index contributed by atoms with van der Waals surface area (Å²) >= 11 is 0. The minimum atomic E-state index is -0.179. The average Bonchev–Trinajstić information content (AvgIpc) is 3.06. The molecule has 0 radical (unpaired) electrons. The zero-order valence-corrected chi connectivity index (χ0v) is 15.2. The maximum atomic E-state index is 13.0. The van der Waals surface area contributed by atoms with Crippen LogP contribution >= 0.6 is 0 Å². The van der Waals surface area contributed by atoms with Gasteiger partial charge in [0.25, 0.3) is 0 Å². The molecule has 0 bridgehead atoms. The number of amides is 3. The number of hydrogen-bond acceptors (Lipinski definition) is 4. The predicted molar refractivity (Wildman–Crippen MR) is 93.5 cm³/mol. The fourth-order valence-corrected chi connectivity index (χ4v) is 3.60. The summed E-state index contributed by atoms with van der Waals surface area (Å²) in [5, 5.41) is 0. The van der Waals surface area contributed by atoms with Gasteiger partial charge in [-0.05, 0) is 37.5 Å². The van der Waals surface area contributed by atoms with E-state index in [4.69, 9.17) is 9.47 Å². The Labute approximate surface area is 148 Å². The van der Waals surface area contributed by atoms with Gasteiger partial charge in [0.15, 0.2) is 11.5 Å². The maximum Gasteiger partial charge on any atom is 0.327 e. The Balaban J connectivity index is 1.87. The molecule has 136 valence electrons. The van der Waals surface area contributed by atoms with Crippen molar-refractivity contribution in [3.05, 3.63) is 23.8 Å². The van der Waals surface area contributed by atoms with E-state index >= 15 is 0 Å². The Hall–Kier alpha value is -2.24. The second-order valence-corrected chi connectivity index (χ2v) is 6.52. The van der Waals surface area contributed by atoms with Crippen molar-refractivity contribution in [3.63, 3.8) is 0 Å². The molecular formula is C19H26N2O4. The Bertz CT molecular complexity index is 661. The zero-order valence-electron chi connectivity index (χ0n) is 15.2. The fraction of sp³-hybridized carbons (Fsp3) is 0.579. The minimum absolute atomic E-state index is 0.0353. The van der Waals surface area contributed by atoms with Crippen LogP contribution in [-0.4, -0.2) is 41.1 Å². The Morgan fingerprint density at radius 3 is 2.68 bits per heavy atom. The normalized spacial score (nSPS) is 19.6. The molecular weight excluding hydrogens is 320 g/mol. The molecule has 2 atom stereocenters. The van der Waals surface area contributed by atoms with E-state index in [2.05, 4.69) is 6.92 Å². The number of rotatable bonds is 6. The molecule has 6 nitrogen and oxygen atoms in total. The third kappa shape index (κ3) is 3.17. The lowest BCUT2D eigenvalue weighted by molar-refractivity contribution is -0.141. The molecule has 25 heavy (non-hydrogen) atoms. The van der Waals surface area contributed by atoms with E-state index in [0.717, 1.165) is 30.6 Å². The van der Waals surface area contributed by atoms with Crippen LogP contribution in [0.4, 0.5) is 4.79 Å². The number of imide groups is 1. The Kier molecular flexibility index (Phi) is 5.16. The quantitative estimate of drug-likeness (QED) is 0.737. The molecule has 0 aliphatic carbocycles. The van der Waals surface area contributed by atoms with Crippen LogP contribution in [-0.2, 0) is 4.79 Å². The molecule has 1 aromatic carbocycles. The number of ether oxygens (including phenoxy) is 2. The first-order valence-electron chi connectivity index (χ1n) is 9.12. The van der Waals surface area contributed by atoms with Crippen LogP contribution in [0.25, 0.3) is 0 Å². The van der Waals surface area contributed by atoms with Crippen molar-refractivity contribution in [1.82, 2.24) is 9.80 Å². The van der Waals surface area contributed by atoms with E-state index in [1.54, 1.807) is 4.90 Å². The highest BCUT2D eigenvalue weighted by Gasteiger charge is 2.42. The smallest absolute Gasteiger partial charge is 0.327 e. The molecule has 1 saturated heterocycles. The summed E-state index contributed by atoms with van der Waals surface area (Å²) in [4.78, 5) is 28.2. The topological polar surface area (TPSA) is 59.1 Å². The van der Waals surface area contributed by atoms with Gasteiger partial charge in [-0.1, -0.05) is 26.3 Å². The summed E-state index contributed by atoms with van der Waals surface area (Å²) in [6, 6.07) is 5.60. The van der Waals surface area contributed by atoms with Crippen molar-refractivity contribution in [3.8, 4) is 11.5 Å². The van der Waals surface area contributed by atoms with Crippen LogP contribution in [0.5, 0.6) is 11.5 Å². The highest BCUT2D eigenvalue weighted by Crippen LogP contribution is 2.37. The van der Waals surface area contributed by atoms with Gasteiger partial charge in [-0.15, -0.1) is 0 Å². The van der Waals surface area contributed by atoms with E-state index in [1.165, 1.54) is 4.90 Å². The van der Waals surface area contributed by atoms with Gasteiger partial charge in [0, 0.05) is 19.0 Å². The third-order valence-corrected chi connectivity index (χ3v) is 5.03. The van der Waals surface area contributed by atoms with E-state index in [9.17, 15) is 9.59 Å². The summed E-state index contributed by atoms with van der Waals surface area (Å²) in [6.07, 6.45) is 3.05. The van der Waals surface area contributed by atoms with E-state index in [-0.39, 0.29) is 30.8 Å². The molecule has 0 N–H and O–H groups in total. The molecule has 1 fully saturated rings. The maximum absolute atomic E-state index is 13.0.